The minimum atomic E-state index is -0.887. The predicted octanol–water partition coefficient (Wildman–Crippen LogP) is 3.05. The van der Waals surface area contributed by atoms with E-state index >= 15 is 0 Å². The van der Waals surface area contributed by atoms with Crippen molar-refractivity contribution in [2.45, 2.75) is 19.4 Å². The van der Waals surface area contributed by atoms with E-state index in [9.17, 15) is 5.11 Å². The summed E-state index contributed by atoms with van der Waals surface area (Å²) in [6.07, 6.45) is 1.69. The minimum absolute atomic E-state index is 0.734. The number of thiazole rings is 1. The fourth-order valence-electron chi connectivity index (χ4n) is 1.66. The van der Waals surface area contributed by atoms with E-state index in [0.717, 1.165) is 26.9 Å². The van der Waals surface area contributed by atoms with Crippen LogP contribution in [0.1, 0.15) is 18.7 Å². The van der Waals surface area contributed by atoms with Crippen LogP contribution in [0.15, 0.2) is 24.4 Å². The Morgan fingerprint density at radius 2 is 1.95 bits per heavy atom. The van der Waals surface area contributed by atoms with Gasteiger partial charge in [-0.2, -0.15) is 0 Å². The Kier molecular flexibility index (Phi) is 3.78. The molecule has 0 unspecified atom stereocenters. The number of methoxy groups -OCH3 is 2. The Hall–Kier alpha value is -1.59. The Balaban J connectivity index is 2.48. The van der Waals surface area contributed by atoms with Gasteiger partial charge in [0.05, 0.1) is 30.3 Å². The summed E-state index contributed by atoms with van der Waals surface area (Å²) in [7, 11) is 3.24. The van der Waals surface area contributed by atoms with Crippen molar-refractivity contribution >= 4 is 11.3 Å². The molecule has 0 spiro atoms. The fourth-order valence-corrected chi connectivity index (χ4v) is 2.60. The predicted molar refractivity (Wildman–Crippen MR) is 75.9 cm³/mol. The van der Waals surface area contributed by atoms with Crippen LogP contribution in [0.3, 0.4) is 0 Å². The van der Waals surface area contributed by atoms with E-state index in [0.29, 0.717) is 0 Å². The van der Waals surface area contributed by atoms with Crippen molar-refractivity contribution in [3.05, 3.63) is 29.3 Å². The lowest BCUT2D eigenvalue weighted by atomic mass is 10.1. The van der Waals surface area contributed by atoms with Gasteiger partial charge in [0.1, 0.15) is 16.5 Å². The SMILES string of the molecule is COc1ccc(OC)c(-c2ncc(C(C)(C)O)s2)c1. The summed E-state index contributed by atoms with van der Waals surface area (Å²) in [5.41, 5.74) is -0.0236. The summed E-state index contributed by atoms with van der Waals surface area (Å²) in [5, 5.41) is 10.8. The van der Waals surface area contributed by atoms with Gasteiger partial charge in [-0.25, -0.2) is 4.98 Å². The summed E-state index contributed by atoms with van der Waals surface area (Å²) in [5.74, 6) is 1.48. The van der Waals surface area contributed by atoms with Gasteiger partial charge in [-0.3, -0.25) is 0 Å². The van der Waals surface area contributed by atoms with Crippen molar-refractivity contribution in [2.24, 2.45) is 0 Å². The first-order chi connectivity index (χ1) is 8.95. The first-order valence-corrected chi connectivity index (χ1v) is 6.68. The van der Waals surface area contributed by atoms with Crippen LogP contribution in [-0.2, 0) is 5.60 Å². The summed E-state index contributed by atoms with van der Waals surface area (Å²) >= 11 is 1.44. The van der Waals surface area contributed by atoms with Crippen LogP contribution in [0.2, 0.25) is 0 Å². The number of hydrogen-bond donors (Lipinski definition) is 1. The zero-order valence-electron chi connectivity index (χ0n) is 11.4. The van der Waals surface area contributed by atoms with Crippen molar-refractivity contribution < 1.29 is 14.6 Å². The molecule has 102 valence electrons. The molecule has 1 aromatic carbocycles. The van der Waals surface area contributed by atoms with Gasteiger partial charge in [0.25, 0.3) is 0 Å². The first-order valence-electron chi connectivity index (χ1n) is 5.87. The molecule has 0 atom stereocenters. The fraction of sp³-hybridized carbons (Fsp3) is 0.357. The monoisotopic (exact) mass is 279 g/mol. The molecular weight excluding hydrogens is 262 g/mol. The molecule has 4 nitrogen and oxygen atoms in total. The highest BCUT2D eigenvalue weighted by Gasteiger charge is 2.21. The molecular formula is C14H17NO3S. The van der Waals surface area contributed by atoms with E-state index < -0.39 is 5.60 Å². The molecule has 0 bridgehead atoms. The normalized spacial score (nSPS) is 11.4. The number of hydrogen-bond acceptors (Lipinski definition) is 5. The summed E-state index contributed by atoms with van der Waals surface area (Å²) in [4.78, 5) is 5.17. The van der Waals surface area contributed by atoms with Gasteiger partial charge in [-0.1, -0.05) is 0 Å². The lowest BCUT2D eigenvalue weighted by Gasteiger charge is -2.13. The molecule has 1 aromatic heterocycles. The quantitative estimate of drug-likeness (QED) is 0.934. The van der Waals surface area contributed by atoms with Crippen LogP contribution < -0.4 is 9.47 Å². The van der Waals surface area contributed by atoms with E-state index in [-0.39, 0.29) is 0 Å². The Morgan fingerprint density at radius 1 is 1.21 bits per heavy atom. The Bertz CT molecular complexity index is 572. The van der Waals surface area contributed by atoms with Gasteiger partial charge < -0.3 is 14.6 Å². The Labute approximate surface area is 116 Å². The van der Waals surface area contributed by atoms with Crippen LogP contribution in [-0.4, -0.2) is 24.3 Å². The number of rotatable bonds is 4. The molecule has 0 saturated carbocycles. The van der Waals surface area contributed by atoms with E-state index in [1.807, 2.05) is 18.2 Å². The number of aromatic nitrogens is 1. The van der Waals surface area contributed by atoms with Crippen molar-refractivity contribution in [3.8, 4) is 22.1 Å². The Morgan fingerprint density at radius 3 is 2.47 bits per heavy atom. The molecule has 2 rings (SSSR count). The van der Waals surface area contributed by atoms with Gasteiger partial charge in [0.15, 0.2) is 0 Å². The molecule has 0 amide bonds. The van der Waals surface area contributed by atoms with Gasteiger partial charge in [0, 0.05) is 6.20 Å². The third kappa shape index (κ3) is 2.88. The molecule has 1 heterocycles. The van der Waals surface area contributed by atoms with Crippen LogP contribution in [0, 0.1) is 0 Å². The number of nitrogens with zero attached hydrogens (tertiary/aromatic N) is 1. The van der Waals surface area contributed by atoms with E-state index in [2.05, 4.69) is 4.98 Å². The number of aliphatic hydroxyl groups is 1. The van der Waals surface area contributed by atoms with Gasteiger partial charge in [0.2, 0.25) is 0 Å². The van der Waals surface area contributed by atoms with Crippen LogP contribution in [0.4, 0.5) is 0 Å². The molecule has 19 heavy (non-hydrogen) atoms. The first kappa shape index (κ1) is 13.8. The minimum Gasteiger partial charge on any atom is -0.497 e. The average Bonchev–Trinajstić information content (AvgIpc) is 2.87. The summed E-state index contributed by atoms with van der Waals surface area (Å²) in [6, 6.07) is 5.57. The zero-order chi connectivity index (χ0) is 14.0. The molecule has 5 heteroatoms. The maximum absolute atomic E-state index is 9.99. The van der Waals surface area contributed by atoms with Crippen molar-refractivity contribution in [3.63, 3.8) is 0 Å². The second-order valence-corrected chi connectivity index (χ2v) is 5.69. The molecule has 0 saturated heterocycles. The van der Waals surface area contributed by atoms with Crippen molar-refractivity contribution in [1.29, 1.82) is 0 Å². The van der Waals surface area contributed by atoms with Gasteiger partial charge >= 0.3 is 0 Å². The molecule has 0 aliphatic heterocycles. The second kappa shape index (κ2) is 5.19. The second-order valence-electron chi connectivity index (χ2n) is 4.65. The molecule has 0 aliphatic carbocycles. The third-order valence-electron chi connectivity index (χ3n) is 2.75. The highest BCUT2D eigenvalue weighted by molar-refractivity contribution is 7.15. The summed E-state index contributed by atoms with van der Waals surface area (Å²) in [6.45, 7) is 3.49. The van der Waals surface area contributed by atoms with E-state index in [1.54, 1.807) is 34.3 Å². The standard InChI is InChI=1S/C14H17NO3S/c1-14(2,16)12-8-15-13(19-12)10-7-9(17-3)5-6-11(10)18-4/h5-8,16H,1-4H3. The maximum atomic E-state index is 9.99. The van der Waals surface area contributed by atoms with Crippen LogP contribution >= 0.6 is 11.3 Å². The largest absolute Gasteiger partial charge is 0.497 e. The highest BCUT2D eigenvalue weighted by Crippen LogP contribution is 2.37. The smallest absolute Gasteiger partial charge is 0.129 e. The van der Waals surface area contributed by atoms with Crippen molar-refractivity contribution in [1.82, 2.24) is 4.98 Å². The van der Waals surface area contributed by atoms with Gasteiger partial charge in [-0.15, -0.1) is 11.3 Å². The van der Waals surface area contributed by atoms with E-state index in [4.69, 9.17) is 9.47 Å². The van der Waals surface area contributed by atoms with Crippen molar-refractivity contribution in [2.75, 3.05) is 14.2 Å². The third-order valence-corrected chi connectivity index (χ3v) is 4.09. The molecule has 1 N–H and O–H groups in total. The topological polar surface area (TPSA) is 51.6 Å². The van der Waals surface area contributed by atoms with E-state index in [1.165, 1.54) is 11.3 Å². The summed E-state index contributed by atoms with van der Waals surface area (Å²) < 4.78 is 10.6. The van der Waals surface area contributed by atoms with Crippen LogP contribution in [0.5, 0.6) is 11.5 Å². The number of benzene rings is 1. The maximum Gasteiger partial charge on any atom is 0.129 e. The lowest BCUT2D eigenvalue weighted by Crippen LogP contribution is -2.12. The number of ether oxygens (including phenoxy) is 2. The molecule has 2 aromatic rings. The molecule has 0 aliphatic rings. The van der Waals surface area contributed by atoms with Gasteiger partial charge in [-0.05, 0) is 32.0 Å². The molecule has 0 radical (unpaired) electrons. The average molecular weight is 279 g/mol. The van der Waals surface area contributed by atoms with Crippen LogP contribution in [0.25, 0.3) is 10.6 Å². The zero-order valence-corrected chi connectivity index (χ0v) is 12.2. The lowest BCUT2D eigenvalue weighted by molar-refractivity contribution is 0.0823. The highest BCUT2D eigenvalue weighted by atomic mass is 32.1. The molecule has 0 fully saturated rings.